The molecule has 1 fully saturated rings. The van der Waals surface area contributed by atoms with Gasteiger partial charge in [-0.3, -0.25) is 4.79 Å². The molecule has 0 unspecified atom stereocenters. The van der Waals surface area contributed by atoms with Gasteiger partial charge in [0.25, 0.3) is 5.91 Å². The Hall–Kier alpha value is -3.87. The first kappa shape index (κ1) is 23.9. The smallest absolute Gasteiger partial charge is 0.287 e. The van der Waals surface area contributed by atoms with Gasteiger partial charge in [-0.1, -0.05) is 25.0 Å². The highest BCUT2D eigenvalue weighted by molar-refractivity contribution is 5.92. The number of nitrogens with one attached hydrogen (secondary N) is 1. The fraction of sp³-hybridized carbons (Fsp3) is 0.310. The summed E-state index contributed by atoms with van der Waals surface area (Å²) >= 11 is 0. The van der Waals surface area contributed by atoms with Crippen molar-refractivity contribution >= 4 is 5.91 Å². The molecule has 1 amide bonds. The van der Waals surface area contributed by atoms with Gasteiger partial charge in [-0.05, 0) is 80.8 Å². The van der Waals surface area contributed by atoms with Gasteiger partial charge in [0.1, 0.15) is 17.3 Å². The maximum absolute atomic E-state index is 13.6. The Kier molecular flexibility index (Phi) is 6.89. The molecule has 2 aromatic heterocycles. The van der Waals surface area contributed by atoms with E-state index in [0.717, 1.165) is 35.4 Å². The number of halogens is 1. The van der Waals surface area contributed by atoms with Crippen molar-refractivity contribution in [1.29, 1.82) is 0 Å². The van der Waals surface area contributed by atoms with Crippen molar-refractivity contribution in [3.8, 4) is 28.5 Å². The molecule has 6 nitrogen and oxygen atoms in total. The van der Waals surface area contributed by atoms with Crippen molar-refractivity contribution in [2.75, 3.05) is 6.61 Å². The predicted molar refractivity (Wildman–Crippen MR) is 136 cm³/mol. The van der Waals surface area contributed by atoms with Crippen LogP contribution in [-0.2, 0) is 0 Å². The van der Waals surface area contributed by atoms with Gasteiger partial charge >= 0.3 is 0 Å². The minimum atomic E-state index is -0.297. The van der Waals surface area contributed by atoms with Gasteiger partial charge in [-0.2, -0.15) is 0 Å². The van der Waals surface area contributed by atoms with Crippen LogP contribution in [0, 0.1) is 5.82 Å². The minimum absolute atomic E-state index is 0.208. The second kappa shape index (κ2) is 10.4. The number of carbonyl (C=O) groups excluding carboxylic acids is 1. The summed E-state index contributed by atoms with van der Waals surface area (Å²) in [5.41, 5.74) is 3.30. The highest BCUT2D eigenvalue weighted by atomic mass is 19.1. The van der Waals surface area contributed by atoms with Crippen LogP contribution in [0.25, 0.3) is 22.7 Å². The van der Waals surface area contributed by atoms with Gasteiger partial charge in [0.05, 0.1) is 24.7 Å². The summed E-state index contributed by atoms with van der Waals surface area (Å²) in [6.07, 6.45) is 6.31. The lowest BCUT2D eigenvalue weighted by Gasteiger charge is -2.15. The van der Waals surface area contributed by atoms with Crippen LogP contribution in [0.2, 0.25) is 0 Å². The molecular formula is C29H30FN3O3. The van der Waals surface area contributed by atoms with E-state index >= 15 is 0 Å². The molecule has 36 heavy (non-hydrogen) atoms. The summed E-state index contributed by atoms with van der Waals surface area (Å²) in [5, 5.41) is 3.01. The standard InChI is InChI=1S/C29H30FN3O3/c1-3-35-24-14-10-20(11-15-24)19(2)32-29(34)26-17-16-25(36-26)28-27(21-8-12-22(30)13-9-21)31-18-33(28)23-6-4-5-7-23/h8-19,23H,3-7H2,1-2H3,(H,32,34)/t19-/m1/s1. The highest BCUT2D eigenvalue weighted by Crippen LogP contribution is 2.39. The molecular weight excluding hydrogens is 457 g/mol. The number of furan rings is 1. The molecule has 1 saturated carbocycles. The number of ether oxygens (including phenoxy) is 1. The van der Waals surface area contributed by atoms with Gasteiger partial charge in [-0.25, -0.2) is 9.37 Å². The molecule has 186 valence electrons. The lowest BCUT2D eigenvalue weighted by Crippen LogP contribution is -2.26. The summed E-state index contributed by atoms with van der Waals surface area (Å²) in [7, 11) is 0. The van der Waals surface area contributed by atoms with E-state index in [-0.39, 0.29) is 23.5 Å². The molecule has 5 rings (SSSR count). The number of hydrogen-bond acceptors (Lipinski definition) is 4. The molecule has 0 saturated heterocycles. The zero-order valence-corrected chi connectivity index (χ0v) is 20.5. The molecule has 0 bridgehead atoms. The predicted octanol–water partition coefficient (Wildman–Crippen LogP) is 6.95. The molecule has 0 aliphatic heterocycles. The Morgan fingerprint density at radius 2 is 1.83 bits per heavy atom. The third-order valence-corrected chi connectivity index (χ3v) is 6.73. The SMILES string of the molecule is CCOc1ccc([C@@H](C)NC(=O)c2ccc(-c3c(-c4ccc(F)cc4)ncn3C3CCCC3)o2)cc1. The molecule has 1 N–H and O–H groups in total. The Labute approximate surface area is 210 Å². The van der Waals surface area contributed by atoms with E-state index in [1.807, 2.05) is 50.5 Å². The largest absolute Gasteiger partial charge is 0.494 e. The summed E-state index contributed by atoms with van der Waals surface area (Å²) in [4.78, 5) is 17.7. The second-order valence-corrected chi connectivity index (χ2v) is 9.16. The molecule has 2 aromatic carbocycles. The van der Waals surface area contributed by atoms with Crippen LogP contribution in [0.5, 0.6) is 5.75 Å². The number of imidazole rings is 1. The summed E-state index contributed by atoms with van der Waals surface area (Å²) in [6, 6.07) is 17.6. The molecule has 1 atom stereocenters. The first-order valence-electron chi connectivity index (χ1n) is 12.5. The van der Waals surface area contributed by atoms with Crippen molar-refractivity contribution in [3.05, 3.63) is 84.1 Å². The normalized spacial score (nSPS) is 14.6. The van der Waals surface area contributed by atoms with Crippen LogP contribution >= 0.6 is 0 Å². The van der Waals surface area contributed by atoms with Gasteiger partial charge in [0.2, 0.25) is 0 Å². The summed E-state index contributed by atoms with van der Waals surface area (Å²) in [6.45, 7) is 4.48. The third-order valence-electron chi connectivity index (χ3n) is 6.73. The zero-order valence-electron chi connectivity index (χ0n) is 20.5. The van der Waals surface area contributed by atoms with Gasteiger partial charge in [-0.15, -0.1) is 0 Å². The maximum Gasteiger partial charge on any atom is 0.287 e. The highest BCUT2D eigenvalue weighted by Gasteiger charge is 2.26. The van der Waals surface area contributed by atoms with Crippen molar-refractivity contribution in [1.82, 2.24) is 14.9 Å². The van der Waals surface area contributed by atoms with Crippen LogP contribution in [-0.4, -0.2) is 22.1 Å². The van der Waals surface area contributed by atoms with E-state index < -0.39 is 0 Å². The molecule has 4 aromatic rings. The molecule has 0 spiro atoms. The Morgan fingerprint density at radius 1 is 1.11 bits per heavy atom. The van der Waals surface area contributed by atoms with Crippen LogP contribution < -0.4 is 10.1 Å². The Morgan fingerprint density at radius 3 is 2.53 bits per heavy atom. The fourth-order valence-electron chi connectivity index (χ4n) is 4.84. The number of nitrogens with zero attached hydrogens (tertiary/aromatic N) is 2. The van der Waals surface area contributed by atoms with Crippen molar-refractivity contribution in [2.45, 2.75) is 51.6 Å². The Bertz CT molecular complexity index is 1320. The average Bonchev–Trinajstić information content (AvgIpc) is 3.65. The van der Waals surface area contributed by atoms with Gasteiger partial charge in [0, 0.05) is 11.6 Å². The van der Waals surface area contributed by atoms with Crippen molar-refractivity contribution in [3.63, 3.8) is 0 Å². The van der Waals surface area contributed by atoms with Crippen LogP contribution in [0.15, 0.2) is 71.4 Å². The number of hydrogen-bond donors (Lipinski definition) is 1. The number of rotatable bonds is 8. The van der Waals surface area contributed by atoms with Crippen LogP contribution in [0.4, 0.5) is 4.39 Å². The van der Waals surface area contributed by atoms with E-state index in [1.165, 1.54) is 25.0 Å². The molecule has 1 aliphatic carbocycles. The minimum Gasteiger partial charge on any atom is -0.494 e. The number of amides is 1. The fourth-order valence-corrected chi connectivity index (χ4v) is 4.84. The van der Waals surface area contributed by atoms with Crippen molar-refractivity contribution in [2.24, 2.45) is 0 Å². The molecule has 2 heterocycles. The van der Waals surface area contributed by atoms with Crippen LogP contribution in [0.1, 0.15) is 67.7 Å². The van der Waals surface area contributed by atoms with E-state index in [4.69, 9.17) is 9.15 Å². The second-order valence-electron chi connectivity index (χ2n) is 9.16. The third kappa shape index (κ3) is 4.91. The maximum atomic E-state index is 13.6. The first-order valence-corrected chi connectivity index (χ1v) is 12.5. The van der Waals surface area contributed by atoms with Crippen molar-refractivity contribution < 1.29 is 18.3 Å². The monoisotopic (exact) mass is 487 g/mol. The lowest BCUT2D eigenvalue weighted by molar-refractivity contribution is 0.0912. The molecule has 1 aliphatic rings. The number of aromatic nitrogens is 2. The number of benzene rings is 2. The van der Waals surface area contributed by atoms with E-state index in [1.54, 1.807) is 18.2 Å². The first-order chi connectivity index (χ1) is 17.5. The quantitative estimate of drug-likeness (QED) is 0.292. The summed E-state index contributed by atoms with van der Waals surface area (Å²) in [5.74, 6) is 1.00. The summed E-state index contributed by atoms with van der Waals surface area (Å²) < 4.78 is 27.3. The average molecular weight is 488 g/mol. The zero-order chi connectivity index (χ0) is 25.1. The van der Waals surface area contributed by atoms with E-state index in [0.29, 0.717) is 24.1 Å². The van der Waals surface area contributed by atoms with E-state index in [9.17, 15) is 9.18 Å². The number of carbonyl (C=O) groups is 1. The lowest BCUT2D eigenvalue weighted by atomic mass is 10.1. The van der Waals surface area contributed by atoms with Crippen LogP contribution in [0.3, 0.4) is 0 Å². The van der Waals surface area contributed by atoms with Gasteiger partial charge < -0.3 is 19.0 Å². The topological polar surface area (TPSA) is 69.3 Å². The van der Waals surface area contributed by atoms with Gasteiger partial charge in [0.15, 0.2) is 11.5 Å². The molecule has 7 heteroatoms. The molecule has 0 radical (unpaired) electrons. The Balaban J connectivity index is 1.40. The van der Waals surface area contributed by atoms with E-state index in [2.05, 4.69) is 14.9 Å².